The Morgan fingerprint density at radius 1 is 1.07 bits per heavy atom. The number of benzene rings is 1. The number of nitrogens with one attached hydrogen (secondary N) is 1. The van der Waals surface area contributed by atoms with E-state index in [4.69, 9.17) is 0 Å². The topological polar surface area (TPSA) is 12.0 Å². The third kappa shape index (κ3) is 3.06. The third-order valence-electron chi connectivity index (χ3n) is 2.33. The lowest BCUT2D eigenvalue weighted by molar-refractivity contribution is 0.590. The smallest absolute Gasteiger partial charge is 0.0340 e. The van der Waals surface area contributed by atoms with Gasteiger partial charge in [0.05, 0.1) is 0 Å². The van der Waals surface area contributed by atoms with E-state index in [-0.39, 0.29) is 5.41 Å². The molecule has 14 heavy (non-hydrogen) atoms. The van der Waals surface area contributed by atoms with Gasteiger partial charge in [0.1, 0.15) is 0 Å². The minimum Gasteiger partial charge on any atom is -0.385 e. The molecule has 1 aromatic carbocycles. The second-order valence-corrected chi connectivity index (χ2v) is 4.75. The van der Waals surface area contributed by atoms with Crippen molar-refractivity contribution in [2.75, 3.05) is 11.9 Å². The summed E-state index contributed by atoms with van der Waals surface area (Å²) >= 11 is 0. The Morgan fingerprint density at radius 3 is 2.07 bits per heavy atom. The van der Waals surface area contributed by atoms with Crippen molar-refractivity contribution in [2.45, 2.75) is 39.5 Å². The molecule has 0 saturated carbocycles. The normalized spacial score (nSPS) is 11.4. The van der Waals surface area contributed by atoms with Crippen LogP contribution in [-0.2, 0) is 5.41 Å². The van der Waals surface area contributed by atoms with Crippen LogP contribution in [0.5, 0.6) is 0 Å². The van der Waals surface area contributed by atoms with Gasteiger partial charge in [0.25, 0.3) is 0 Å². The second-order valence-electron chi connectivity index (χ2n) is 4.75. The lowest BCUT2D eigenvalue weighted by Crippen LogP contribution is -2.10. The van der Waals surface area contributed by atoms with Gasteiger partial charge in [0.15, 0.2) is 0 Å². The average molecular weight is 191 g/mol. The molecule has 0 aromatic heterocycles. The first kappa shape index (κ1) is 11.1. The van der Waals surface area contributed by atoms with Crippen molar-refractivity contribution >= 4 is 5.69 Å². The molecule has 1 aromatic rings. The zero-order valence-corrected chi connectivity index (χ0v) is 9.72. The van der Waals surface area contributed by atoms with E-state index in [0.717, 1.165) is 6.54 Å². The zero-order valence-electron chi connectivity index (χ0n) is 9.72. The highest BCUT2D eigenvalue weighted by molar-refractivity contribution is 5.45. The van der Waals surface area contributed by atoms with E-state index in [9.17, 15) is 0 Å². The average Bonchev–Trinajstić information content (AvgIpc) is 2.14. The van der Waals surface area contributed by atoms with Crippen LogP contribution in [0.2, 0.25) is 0 Å². The molecule has 0 heterocycles. The first-order valence-corrected chi connectivity index (χ1v) is 5.38. The van der Waals surface area contributed by atoms with Gasteiger partial charge in [-0.1, -0.05) is 39.8 Å². The SMILES string of the molecule is CCCNc1ccc(C(C)(C)C)cc1. The molecule has 1 heteroatoms. The van der Waals surface area contributed by atoms with E-state index in [1.807, 2.05) is 0 Å². The molecule has 0 radical (unpaired) electrons. The van der Waals surface area contributed by atoms with Gasteiger partial charge in [-0.3, -0.25) is 0 Å². The number of rotatable bonds is 3. The lowest BCUT2D eigenvalue weighted by Gasteiger charge is -2.19. The Morgan fingerprint density at radius 2 is 1.64 bits per heavy atom. The standard InChI is InChI=1S/C13H21N/c1-5-10-14-12-8-6-11(7-9-12)13(2,3)4/h6-9,14H,5,10H2,1-4H3. The quantitative estimate of drug-likeness (QED) is 0.766. The maximum atomic E-state index is 3.37. The fraction of sp³-hybridized carbons (Fsp3) is 0.538. The summed E-state index contributed by atoms with van der Waals surface area (Å²) in [5.41, 5.74) is 2.86. The van der Waals surface area contributed by atoms with Crippen LogP contribution < -0.4 is 5.32 Å². The summed E-state index contributed by atoms with van der Waals surface area (Å²) in [6.45, 7) is 9.94. The molecule has 0 aliphatic heterocycles. The van der Waals surface area contributed by atoms with Crippen molar-refractivity contribution in [1.82, 2.24) is 0 Å². The largest absolute Gasteiger partial charge is 0.385 e. The molecule has 0 atom stereocenters. The van der Waals surface area contributed by atoms with Gasteiger partial charge in [-0.15, -0.1) is 0 Å². The summed E-state index contributed by atoms with van der Waals surface area (Å²) in [7, 11) is 0. The predicted octanol–water partition coefficient (Wildman–Crippen LogP) is 3.81. The van der Waals surface area contributed by atoms with Crippen molar-refractivity contribution in [3.05, 3.63) is 29.8 Å². The molecule has 78 valence electrons. The molecule has 1 N–H and O–H groups in total. The molecule has 0 saturated heterocycles. The Labute approximate surface area is 87.5 Å². The van der Waals surface area contributed by atoms with Crippen molar-refractivity contribution < 1.29 is 0 Å². The monoisotopic (exact) mass is 191 g/mol. The van der Waals surface area contributed by atoms with E-state index in [1.165, 1.54) is 17.7 Å². The minimum atomic E-state index is 0.253. The number of hydrogen-bond donors (Lipinski definition) is 1. The molecule has 0 spiro atoms. The summed E-state index contributed by atoms with van der Waals surface area (Å²) in [5.74, 6) is 0. The van der Waals surface area contributed by atoms with Crippen molar-refractivity contribution in [2.24, 2.45) is 0 Å². The molecular formula is C13H21N. The van der Waals surface area contributed by atoms with Gasteiger partial charge in [-0.2, -0.15) is 0 Å². The van der Waals surface area contributed by atoms with Gasteiger partial charge in [0.2, 0.25) is 0 Å². The van der Waals surface area contributed by atoms with E-state index in [2.05, 4.69) is 57.3 Å². The molecular weight excluding hydrogens is 170 g/mol. The summed E-state index contributed by atoms with van der Waals surface area (Å²) in [6.07, 6.45) is 1.17. The Hall–Kier alpha value is -0.980. The van der Waals surface area contributed by atoms with Gasteiger partial charge in [-0.25, -0.2) is 0 Å². The highest BCUT2D eigenvalue weighted by atomic mass is 14.9. The van der Waals surface area contributed by atoms with Gasteiger partial charge >= 0.3 is 0 Å². The fourth-order valence-corrected chi connectivity index (χ4v) is 1.36. The van der Waals surface area contributed by atoms with Crippen LogP contribution in [-0.4, -0.2) is 6.54 Å². The molecule has 1 nitrogen and oxygen atoms in total. The van der Waals surface area contributed by atoms with Gasteiger partial charge in [0, 0.05) is 12.2 Å². The van der Waals surface area contributed by atoms with E-state index >= 15 is 0 Å². The van der Waals surface area contributed by atoms with Crippen LogP contribution in [0.25, 0.3) is 0 Å². The van der Waals surface area contributed by atoms with Crippen LogP contribution in [0, 0.1) is 0 Å². The second kappa shape index (κ2) is 4.50. The highest BCUT2D eigenvalue weighted by Gasteiger charge is 2.12. The first-order valence-electron chi connectivity index (χ1n) is 5.38. The fourth-order valence-electron chi connectivity index (χ4n) is 1.36. The molecule has 0 aliphatic rings. The lowest BCUT2D eigenvalue weighted by atomic mass is 9.87. The van der Waals surface area contributed by atoms with Crippen LogP contribution in [0.4, 0.5) is 5.69 Å². The van der Waals surface area contributed by atoms with E-state index in [0.29, 0.717) is 0 Å². The maximum Gasteiger partial charge on any atom is 0.0340 e. The van der Waals surface area contributed by atoms with Crippen molar-refractivity contribution in [3.8, 4) is 0 Å². The maximum absolute atomic E-state index is 3.37. The van der Waals surface area contributed by atoms with Gasteiger partial charge < -0.3 is 5.32 Å². The molecule has 1 rings (SSSR count). The van der Waals surface area contributed by atoms with Crippen LogP contribution in [0.15, 0.2) is 24.3 Å². The van der Waals surface area contributed by atoms with Crippen LogP contribution in [0.1, 0.15) is 39.7 Å². The van der Waals surface area contributed by atoms with Crippen molar-refractivity contribution in [1.29, 1.82) is 0 Å². The summed E-state index contributed by atoms with van der Waals surface area (Å²) in [5, 5.41) is 3.37. The zero-order chi connectivity index (χ0) is 10.6. The number of hydrogen-bond acceptors (Lipinski definition) is 1. The van der Waals surface area contributed by atoms with E-state index < -0.39 is 0 Å². The Bertz CT molecular complexity index is 266. The third-order valence-corrected chi connectivity index (χ3v) is 2.33. The number of anilines is 1. The molecule has 0 unspecified atom stereocenters. The molecule has 0 bridgehead atoms. The predicted molar refractivity (Wildman–Crippen MR) is 63.9 cm³/mol. The Kier molecular flexibility index (Phi) is 3.56. The summed E-state index contributed by atoms with van der Waals surface area (Å²) in [6, 6.07) is 8.74. The highest BCUT2D eigenvalue weighted by Crippen LogP contribution is 2.23. The van der Waals surface area contributed by atoms with E-state index in [1.54, 1.807) is 0 Å². The Balaban J connectivity index is 2.69. The first-order chi connectivity index (χ1) is 6.54. The van der Waals surface area contributed by atoms with Crippen LogP contribution >= 0.6 is 0 Å². The molecule has 0 aliphatic carbocycles. The molecule has 0 fully saturated rings. The van der Waals surface area contributed by atoms with Crippen molar-refractivity contribution in [3.63, 3.8) is 0 Å². The van der Waals surface area contributed by atoms with Gasteiger partial charge in [-0.05, 0) is 29.5 Å². The minimum absolute atomic E-state index is 0.253. The van der Waals surface area contributed by atoms with Crippen LogP contribution in [0.3, 0.4) is 0 Å². The summed E-state index contributed by atoms with van der Waals surface area (Å²) < 4.78 is 0. The summed E-state index contributed by atoms with van der Waals surface area (Å²) in [4.78, 5) is 0. The molecule has 0 amide bonds.